The van der Waals surface area contributed by atoms with E-state index in [1.165, 1.54) is 83.5 Å². The van der Waals surface area contributed by atoms with Gasteiger partial charge in [0.15, 0.2) is 0 Å². The summed E-state index contributed by atoms with van der Waals surface area (Å²) in [5.41, 5.74) is -0.765. The summed E-state index contributed by atoms with van der Waals surface area (Å²) in [6.07, 6.45) is 23.4. The standard InChI is InChI=1S/C27H55NO2.H3N/c1-5-8-11-14-17-20-23-27(26(29)30,24-21-18-15-12-9-6-2)28(4)25-22-19-16-13-10-7-3;/h5-25H2,1-4H3,(H,29,30);1H3. The van der Waals surface area contributed by atoms with Crippen LogP contribution in [-0.2, 0) is 4.79 Å². The van der Waals surface area contributed by atoms with E-state index in [1.54, 1.807) is 0 Å². The third-order valence-electron chi connectivity index (χ3n) is 6.85. The Bertz CT molecular complexity index is 371. The number of carboxylic acid groups (broad SMARTS) is 1. The Kier molecular flexibility index (Phi) is 23.7. The lowest BCUT2D eigenvalue weighted by molar-refractivity contribution is -0.320. The minimum Gasteiger partial charge on any atom is -0.548 e. The van der Waals surface area contributed by atoms with Crippen LogP contribution in [-0.4, -0.2) is 30.0 Å². The van der Waals surface area contributed by atoms with Gasteiger partial charge < -0.3 is 16.1 Å². The molecule has 0 aromatic rings. The van der Waals surface area contributed by atoms with Gasteiger partial charge in [-0.3, -0.25) is 4.90 Å². The van der Waals surface area contributed by atoms with Crippen molar-refractivity contribution in [2.45, 2.75) is 155 Å². The predicted octanol–water partition coefficient (Wildman–Crippen LogP) is 7.64. The topological polar surface area (TPSA) is 79.9 Å². The molecule has 0 rings (SSSR count). The summed E-state index contributed by atoms with van der Waals surface area (Å²) in [4.78, 5) is 14.6. The minimum absolute atomic E-state index is 0. The summed E-state index contributed by atoms with van der Waals surface area (Å²) in [5.74, 6) is -0.835. The number of carboxylic acids is 1. The van der Waals surface area contributed by atoms with Crippen molar-refractivity contribution in [3.63, 3.8) is 0 Å². The zero-order chi connectivity index (χ0) is 22.5. The van der Waals surface area contributed by atoms with Crippen LogP contribution in [0.15, 0.2) is 0 Å². The van der Waals surface area contributed by atoms with Crippen LogP contribution in [0.2, 0.25) is 0 Å². The lowest BCUT2D eigenvalue weighted by Gasteiger charge is -2.43. The highest BCUT2D eigenvalue weighted by Crippen LogP contribution is 2.29. The summed E-state index contributed by atoms with van der Waals surface area (Å²) in [6.45, 7) is 7.59. The molecule has 0 aliphatic rings. The predicted molar refractivity (Wildman–Crippen MR) is 136 cm³/mol. The molecule has 188 valence electrons. The number of hydrogen-bond acceptors (Lipinski definition) is 3. The smallest absolute Gasteiger partial charge is 0.0617 e. The maximum Gasteiger partial charge on any atom is 0.0617 e. The third-order valence-corrected chi connectivity index (χ3v) is 6.85. The molecule has 0 aliphatic carbocycles. The quantitative estimate of drug-likeness (QED) is 0.165. The van der Waals surface area contributed by atoms with Crippen molar-refractivity contribution < 1.29 is 9.90 Å². The zero-order valence-electron chi connectivity index (χ0n) is 22.1. The first-order valence-electron chi connectivity index (χ1n) is 13.5. The van der Waals surface area contributed by atoms with E-state index in [1.807, 2.05) is 7.05 Å². The van der Waals surface area contributed by atoms with Gasteiger partial charge in [-0.25, -0.2) is 0 Å². The maximum absolute atomic E-state index is 12.4. The molecule has 0 heterocycles. The molecule has 4 heteroatoms. The van der Waals surface area contributed by atoms with Gasteiger partial charge in [0, 0.05) is 0 Å². The molecule has 0 saturated carbocycles. The van der Waals surface area contributed by atoms with Gasteiger partial charge in [0.25, 0.3) is 0 Å². The number of nitrogens with zero attached hydrogens (tertiary/aromatic N) is 1. The van der Waals surface area contributed by atoms with Crippen molar-refractivity contribution in [3.05, 3.63) is 0 Å². The molecule has 0 aromatic heterocycles. The van der Waals surface area contributed by atoms with Crippen LogP contribution >= 0.6 is 0 Å². The number of carbonyl (C=O) groups is 1. The second-order valence-corrected chi connectivity index (χ2v) is 9.54. The third kappa shape index (κ3) is 15.8. The molecule has 0 saturated heterocycles. The summed E-state index contributed by atoms with van der Waals surface area (Å²) < 4.78 is 0. The van der Waals surface area contributed by atoms with Crippen molar-refractivity contribution in [2.75, 3.05) is 13.6 Å². The molecule has 31 heavy (non-hydrogen) atoms. The highest BCUT2D eigenvalue weighted by atomic mass is 16.4. The van der Waals surface area contributed by atoms with E-state index in [4.69, 9.17) is 0 Å². The molecule has 0 amide bonds. The molecule has 0 unspecified atom stereocenters. The normalized spacial score (nSPS) is 11.6. The average molecular weight is 443 g/mol. The van der Waals surface area contributed by atoms with Crippen LogP contribution in [0.5, 0.6) is 0 Å². The Labute approximate surface area is 195 Å². The van der Waals surface area contributed by atoms with Gasteiger partial charge in [-0.05, 0) is 32.9 Å². The second-order valence-electron chi connectivity index (χ2n) is 9.54. The largest absolute Gasteiger partial charge is 0.548 e. The molecule has 0 radical (unpaired) electrons. The van der Waals surface area contributed by atoms with Crippen LogP contribution < -0.4 is 11.3 Å². The van der Waals surface area contributed by atoms with Crippen molar-refractivity contribution in [2.24, 2.45) is 0 Å². The fourth-order valence-corrected chi connectivity index (χ4v) is 4.61. The molecule has 4 nitrogen and oxygen atoms in total. The number of rotatable bonds is 23. The van der Waals surface area contributed by atoms with Gasteiger partial charge in [0.2, 0.25) is 0 Å². The first-order valence-corrected chi connectivity index (χ1v) is 13.5. The number of aliphatic carboxylic acids is 1. The first kappa shape index (κ1) is 32.6. The van der Waals surface area contributed by atoms with Gasteiger partial charge >= 0.3 is 0 Å². The van der Waals surface area contributed by atoms with Gasteiger partial charge in [-0.2, -0.15) is 0 Å². The van der Waals surface area contributed by atoms with Gasteiger partial charge in [-0.1, -0.05) is 130 Å². The van der Waals surface area contributed by atoms with Crippen molar-refractivity contribution in [3.8, 4) is 0 Å². The summed E-state index contributed by atoms with van der Waals surface area (Å²) in [5, 5.41) is 12.4. The highest BCUT2D eigenvalue weighted by Gasteiger charge is 2.34. The van der Waals surface area contributed by atoms with Gasteiger partial charge in [0.05, 0.1) is 11.5 Å². The van der Waals surface area contributed by atoms with Crippen molar-refractivity contribution >= 4 is 5.97 Å². The molecular weight excluding hydrogens is 384 g/mol. The molecule has 0 fully saturated rings. The van der Waals surface area contributed by atoms with Crippen LogP contribution in [0.3, 0.4) is 0 Å². The zero-order valence-corrected chi connectivity index (χ0v) is 22.1. The number of quaternary nitrogens is 1. The first-order chi connectivity index (χ1) is 14.5. The van der Waals surface area contributed by atoms with Crippen LogP contribution in [0.1, 0.15) is 149 Å². The molecule has 4 N–H and O–H groups in total. The average Bonchev–Trinajstić information content (AvgIpc) is 2.73. The number of carbonyl (C=O) groups excluding carboxylic acids is 1. The number of likely N-dealkylation sites (N-methyl/N-ethyl adjacent to an activating group) is 1. The summed E-state index contributed by atoms with van der Waals surface area (Å²) in [7, 11) is 2.04. The summed E-state index contributed by atoms with van der Waals surface area (Å²) >= 11 is 0. The van der Waals surface area contributed by atoms with Crippen LogP contribution in [0.4, 0.5) is 0 Å². The van der Waals surface area contributed by atoms with Crippen LogP contribution in [0.25, 0.3) is 0 Å². The fraction of sp³-hybridized carbons (Fsp3) is 0.963. The Morgan fingerprint density at radius 1 is 0.613 bits per heavy atom. The molecule has 0 atom stereocenters. The Morgan fingerprint density at radius 2 is 0.935 bits per heavy atom. The Hall–Kier alpha value is -0.610. The molecule has 0 aromatic carbocycles. The highest BCUT2D eigenvalue weighted by molar-refractivity contribution is 5.76. The summed E-state index contributed by atoms with van der Waals surface area (Å²) in [6, 6.07) is 0. The van der Waals surface area contributed by atoms with E-state index in [-0.39, 0.29) is 6.15 Å². The molecule has 0 spiro atoms. The lowest BCUT2D eigenvalue weighted by Crippen LogP contribution is -2.59. The SMILES string of the molecule is CCCCCCCCN(C)C(CCCCCCCC)(CCCCCCCC)C(=O)[O-].[NH4+]. The Balaban J connectivity index is 0. The Morgan fingerprint density at radius 3 is 1.29 bits per heavy atom. The van der Waals surface area contributed by atoms with E-state index in [2.05, 4.69) is 25.7 Å². The number of hydrogen-bond donors (Lipinski definition) is 1. The van der Waals surface area contributed by atoms with Crippen LogP contribution in [0, 0.1) is 0 Å². The molecular formula is C27H58N2O2. The van der Waals surface area contributed by atoms with E-state index >= 15 is 0 Å². The van der Waals surface area contributed by atoms with E-state index in [0.29, 0.717) is 0 Å². The lowest BCUT2D eigenvalue weighted by atomic mass is 9.84. The van der Waals surface area contributed by atoms with E-state index in [9.17, 15) is 9.90 Å². The second kappa shape index (κ2) is 22.6. The van der Waals surface area contributed by atoms with Crippen molar-refractivity contribution in [1.29, 1.82) is 0 Å². The van der Waals surface area contributed by atoms with E-state index in [0.717, 1.165) is 51.5 Å². The van der Waals surface area contributed by atoms with Gasteiger partial charge in [0.1, 0.15) is 0 Å². The fourth-order valence-electron chi connectivity index (χ4n) is 4.61. The maximum atomic E-state index is 12.4. The molecule has 0 aliphatic heterocycles. The van der Waals surface area contributed by atoms with E-state index < -0.39 is 11.5 Å². The molecule has 0 bridgehead atoms. The monoisotopic (exact) mass is 442 g/mol. The van der Waals surface area contributed by atoms with Crippen molar-refractivity contribution in [1.82, 2.24) is 11.1 Å². The van der Waals surface area contributed by atoms with Gasteiger partial charge in [-0.15, -0.1) is 0 Å². The number of unbranched alkanes of at least 4 members (excludes halogenated alkanes) is 15. The minimum atomic E-state index is -0.835.